The lowest BCUT2D eigenvalue weighted by molar-refractivity contribution is -0.201. The average Bonchev–Trinajstić information content (AvgIpc) is 2.27. The number of amides is 1. The van der Waals surface area contributed by atoms with Gasteiger partial charge in [-0.05, 0) is 24.6 Å². The van der Waals surface area contributed by atoms with Gasteiger partial charge in [-0.3, -0.25) is 4.79 Å². The zero-order valence-corrected chi connectivity index (χ0v) is 9.58. The first-order chi connectivity index (χ1) is 8.21. The number of aliphatic hydroxyl groups is 1. The molecule has 0 aliphatic rings. The molecule has 0 saturated heterocycles. The molecule has 0 fully saturated rings. The lowest BCUT2D eigenvalue weighted by Gasteiger charge is -2.15. The second-order valence-electron chi connectivity index (χ2n) is 3.84. The van der Waals surface area contributed by atoms with Crippen molar-refractivity contribution in [2.45, 2.75) is 19.2 Å². The number of nitrogens with two attached hydrogens (primary N) is 1. The molecule has 4 nitrogen and oxygen atoms in total. The zero-order valence-electron chi connectivity index (χ0n) is 9.58. The Morgan fingerprint density at radius 3 is 2.61 bits per heavy atom. The number of carbonyl (C=O) groups is 1. The summed E-state index contributed by atoms with van der Waals surface area (Å²) in [7, 11) is 0. The fraction of sp³-hybridized carbons (Fsp3) is 0.364. The van der Waals surface area contributed by atoms with Crippen LogP contribution in [0.5, 0.6) is 0 Å². The van der Waals surface area contributed by atoms with E-state index >= 15 is 0 Å². The Labute approximate surface area is 102 Å². The van der Waals surface area contributed by atoms with Crippen LogP contribution in [0.2, 0.25) is 0 Å². The Hall–Kier alpha value is -1.76. The van der Waals surface area contributed by atoms with Crippen LogP contribution in [-0.2, 0) is 0 Å². The average molecular weight is 262 g/mol. The first-order valence-corrected chi connectivity index (χ1v) is 5.11. The molecule has 1 unspecified atom stereocenters. The SMILES string of the molecule is Cc1ccc(C(=O)NCC(O)C(F)(F)F)cc1N. The Balaban J connectivity index is 2.63. The summed E-state index contributed by atoms with van der Waals surface area (Å²) in [6.07, 6.45) is -7.33. The van der Waals surface area contributed by atoms with Crippen molar-refractivity contribution in [3.63, 3.8) is 0 Å². The third-order valence-electron chi connectivity index (χ3n) is 2.38. The lowest BCUT2D eigenvalue weighted by Crippen LogP contribution is -2.40. The third kappa shape index (κ3) is 3.63. The van der Waals surface area contributed by atoms with E-state index in [0.717, 1.165) is 5.56 Å². The standard InChI is InChI=1S/C11H13F3N2O2/c1-6-2-3-7(4-8(6)15)10(18)16-5-9(17)11(12,13)14/h2-4,9,17H,5,15H2,1H3,(H,16,18). The van der Waals surface area contributed by atoms with Gasteiger partial charge in [-0.15, -0.1) is 0 Å². The number of nitrogens with one attached hydrogen (secondary N) is 1. The van der Waals surface area contributed by atoms with Crippen molar-refractivity contribution in [3.8, 4) is 0 Å². The summed E-state index contributed by atoms with van der Waals surface area (Å²) in [5.74, 6) is -0.718. The number of halogens is 3. The number of benzene rings is 1. The van der Waals surface area contributed by atoms with E-state index in [9.17, 15) is 18.0 Å². The molecule has 0 radical (unpaired) electrons. The summed E-state index contributed by atoms with van der Waals surface area (Å²) in [6, 6.07) is 4.40. The molecule has 0 aliphatic heterocycles. The Bertz CT molecular complexity index is 446. The van der Waals surface area contributed by atoms with Crippen LogP contribution in [0.3, 0.4) is 0 Å². The topological polar surface area (TPSA) is 75.3 Å². The van der Waals surface area contributed by atoms with Crippen LogP contribution in [0.25, 0.3) is 0 Å². The maximum absolute atomic E-state index is 12.0. The van der Waals surface area contributed by atoms with Gasteiger partial charge in [0.2, 0.25) is 0 Å². The van der Waals surface area contributed by atoms with E-state index in [0.29, 0.717) is 5.69 Å². The number of carbonyl (C=O) groups excluding carboxylic acids is 1. The summed E-state index contributed by atoms with van der Waals surface area (Å²) >= 11 is 0. The minimum Gasteiger partial charge on any atom is -0.398 e. The number of nitrogen functional groups attached to an aromatic ring is 1. The van der Waals surface area contributed by atoms with E-state index in [4.69, 9.17) is 10.8 Å². The minimum atomic E-state index is -4.75. The highest BCUT2D eigenvalue weighted by atomic mass is 19.4. The van der Waals surface area contributed by atoms with Gasteiger partial charge in [-0.25, -0.2) is 0 Å². The molecular weight excluding hydrogens is 249 g/mol. The molecule has 1 atom stereocenters. The molecule has 1 rings (SSSR count). The monoisotopic (exact) mass is 262 g/mol. The largest absolute Gasteiger partial charge is 0.416 e. The van der Waals surface area contributed by atoms with Gasteiger partial charge >= 0.3 is 6.18 Å². The number of anilines is 1. The molecule has 0 bridgehead atoms. The van der Waals surface area contributed by atoms with E-state index in [1.54, 1.807) is 13.0 Å². The predicted octanol–water partition coefficient (Wildman–Crippen LogP) is 1.23. The second kappa shape index (κ2) is 5.26. The molecular formula is C11H13F3N2O2. The molecule has 0 aliphatic carbocycles. The van der Waals surface area contributed by atoms with Gasteiger partial charge in [0, 0.05) is 11.3 Å². The van der Waals surface area contributed by atoms with Crippen LogP contribution in [0, 0.1) is 6.92 Å². The van der Waals surface area contributed by atoms with Crippen LogP contribution < -0.4 is 11.1 Å². The molecule has 7 heteroatoms. The number of rotatable bonds is 3. The molecule has 0 saturated carbocycles. The number of aryl methyl sites for hydroxylation is 1. The molecule has 1 aromatic carbocycles. The molecule has 1 amide bonds. The van der Waals surface area contributed by atoms with Gasteiger partial charge in [0.1, 0.15) is 0 Å². The highest BCUT2D eigenvalue weighted by Crippen LogP contribution is 2.19. The van der Waals surface area contributed by atoms with Crippen LogP contribution >= 0.6 is 0 Å². The molecule has 0 heterocycles. The number of aliphatic hydroxyl groups excluding tert-OH is 1. The van der Waals surface area contributed by atoms with Crippen LogP contribution in [0.15, 0.2) is 18.2 Å². The summed E-state index contributed by atoms with van der Waals surface area (Å²) < 4.78 is 36.0. The van der Waals surface area contributed by atoms with Crippen molar-refractivity contribution in [2.24, 2.45) is 0 Å². The van der Waals surface area contributed by atoms with E-state index in [1.807, 2.05) is 5.32 Å². The van der Waals surface area contributed by atoms with Crippen molar-refractivity contribution >= 4 is 11.6 Å². The quantitative estimate of drug-likeness (QED) is 0.717. The Kier molecular flexibility index (Phi) is 4.18. The van der Waals surface area contributed by atoms with Crippen molar-refractivity contribution < 1.29 is 23.1 Å². The van der Waals surface area contributed by atoms with Gasteiger partial charge in [-0.1, -0.05) is 6.07 Å². The Morgan fingerprint density at radius 1 is 1.50 bits per heavy atom. The summed E-state index contributed by atoms with van der Waals surface area (Å²) in [6.45, 7) is 0.848. The minimum absolute atomic E-state index is 0.146. The van der Waals surface area contributed by atoms with E-state index in [-0.39, 0.29) is 5.56 Å². The normalized spacial score (nSPS) is 13.2. The lowest BCUT2D eigenvalue weighted by atomic mass is 10.1. The number of hydrogen-bond donors (Lipinski definition) is 3. The second-order valence-corrected chi connectivity index (χ2v) is 3.84. The summed E-state index contributed by atoms with van der Waals surface area (Å²) in [4.78, 5) is 11.5. The first-order valence-electron chi connectivity index (χ1n) is 5.11. The van der Waals surface area contributed by atoms with Crippen molar-refractivity contribution in [1.82, 2.24) is 5.32 Å². The first kappa shape index (κ1) is 14.3. The summed E-state index contributed by atoms with van der Waals surface area (Å²) in [5, 5.41) is 10.7. The fourth-order valence-corrected chi connectivity index (χ4v) is 1.19. The molecule has 0 spiro atoms. The van der Waals surface area contributed by atoms with Crippen LogP contribution in [0.4, 0.5) is 18.9 Å². The van der Waals surface area contributed by atoms with Gasteiger partial charge in [0.15, 0.2) is 6.10 Å². The number of hydrogen-bond acceptors (Lipinski definition) is 3. The van der Waals surface area contributed by atoms with Crippen molar-refractivity contribution in [1.29, 1.82) is 0 Å². The highest BCUT2D eigenvalue weighted by molar-refractivity contribution is 5.95. The predicted molar refractivity (Wildman–Crippen MR) is 60.0 cm³/mol. The van der Waals surface area contributed by atoms with Gasteiger partial charge in [-0.2, -0.15) is 13.2 Å². The van der Waals surface area contributed by atoms with Crippen LogP contribution in [0.1, 0.15) is 15.9 Å². The van der Waals surface area contributed by atoms with Crippen molar-refractivity contribution in [2.75, 3.05) is 12.3 Å². The van der Waals surface area contributed by atoms with E-state index in [1.165, 1.54) is 12.1 Å². The molecule has 4 N–H and O–H groups in total. The van der Waals surface area contributed by atoms with Crippen molar-refractivity contribution in [3.05, 3.63) is 29.3 Å². The van der Waals surface area contributed by atoms with Crippen LogP contribution in [-0.4, -0.2) is 29.8 Å². The van der Waals surface area contributed by atoms with E-state index in [2.05, 4.69) is 0 Å². The molecule has 18 heavy (non-hydrogen) atoms. The van der Waals surface area contributed by atoms with E-state index < -0.39 is 24.7 Å². The van der Waals surface area contributed by atoms with Gasteiger partial charge < -0.3 is 16.2 Å². The maximum atomic E-state index is 12.0. The Morgan fingerprint density at radius 2 is 2.11 bits per heavy atom. The third-order valence-corrected chi connectivity index (χ3v) is 2.38. The summed E-state index contributed by atoms with van der Waals surface area (Å²) in [5.41, 5.74) is 6.86. The molecule has 100 valence electrons. The molecule has 1 aromatic rings. The van der Waals surface area contributed by atoms with Gasteiger partial charge in [0.25, 0.3) is 5.91 Å². The zero-order chi connectivity index (χ0) is 13.9. The molecule has 0 aromatic heterocycles. The highest BCUT2D eigenvalue weighted by Gasteiger charge is 2.38. The van der Waals surface area contributed by atoms with Gasteiger partial charge in [0.05, 0.1) is 6.54 Å². The smallest absolute Gasteiger partial charge is 0.398 e. The number of alkyl halides is 3. The maximum Gasteiger partial charge on any atom is 0.416 e. The fourth-order valence-electron chi connectivity index (χ4n) is 1.19.